The van der Waals surface area contributed by atoms with Gasteiger partial charge in [0.15, 0.2) is 5.58 Å². The molecule has 5 nitrogen and oxygen atoms in total. The van der Waals surface area contributed by atoms with Crippen LogP contribution < -0.4 is 4.72 Å². The van der Waals surface area contributed by atoms with Gasteiger partial charge in [-0.25, -0.2) is 13.1 Å². The Hall–Kier alpha value is -1.05. The SMILES string of the molecule is CCS[C@H]1CC[C@H](NS(=O)(=O)Cc2noc3ccccc23)C1. The topological polar surface area (TPSA) is 72.2 Å². The monoisotopic (exact) mass is 340 g/mol. The molecule has 0 saturated heterocycles. The molecule has 1 aliphatic rings. The van der Waals surface area contributed by atoms with Gasteiger partial charge in [0.1, 0.15) is 11.4 Å². The molecule has 3 rings (SSSR count). The molecule has 1 saturated carbocycles. The molecule has 0 unspecified atom stereocenters. The first-order valence-corrected chi connectivity index (χ1v) is 10.2. The van der Waals surface area contributed by atoms with E-state index in [0.29, 0.717) is 16.5 Å². The van der Waals surface area contributed by atoms with Gasteiger partial charge < -0.3 is 4.52 Å². The molecular weight excluding hydrogens is 320 g/mol. The number of fused-ring (bicyclic) bond motifs is 1. The highest BCUT2D eigenvalue weighted by Gasteiger charge is 2.28. The lowest BCUT2D eigenvalue weighted by Gasteiger charge is -2.12. The van der Waals surface area contributed by atoms with Crippen LogP contribution in [0.3, 0.4) is 0 Å². The van der Waals surface area contributed by atoms with E-state index in [2.05, 4.69) is 16.8 Å². The van der Waals surface area contributed by atoms with Crippen LogP contribution in [0.5, 0.6) is 0 Å². The summed E-state index contributed by atoms with van der Waals surface area (Å²) in [7, 11) is -3.40. The summed E-state index contributed by atoms with van der Waals surface area (Å²) in [6.07, 6.45) is 2.91. The highest BCUT2D eigenvalue weighted by Crippen LogP contribution is 2.30. The van der Waals surface area contributed by atoms with E-state index in [-0.39, 0.29) is 11.8 Å². The summed E-state index contributed by atoms with van der Waals surface area (Å²) < 4.78 is 32.7. The van der Waals surface area contributed by atoms with Crippen molar-refractivity contribution in [1.82, 2.24) is 9.88 Å². The number of sulfonamides is 1. The van der Waals surface area contributed by atoms with Crippen molar-refractivity contribution in [2.45, 2.75) is 43.2 Å². The molecule has 1 aliphatic carbocycles. The number of nitrogens with one attached hydrogen (secondary N) is 1. The molecule has 120 valence electrons. The van der Waals surface area contributed by atoms with Crippen molar-refractivity contribution >= 4 is 32.8 Å². The lowest BCUT2D eigenvalue weighted by Crippen LogP contribution is -2.34. The first-order valence-electron chi connectivity index (χ1n) is 7.52. The first kappa shape index (κ1) is 15.8. The van der Waals surface area contributed by atoms with E-state index in [1.165, 1.54) is 0 Å². The van der Waals surface area contributed by atoms with Crippen molar-refractivity contribution in [2.75, 3.05) is 5.75 Å². The van der Waals surface area contributed by atoms with Crippen molar-refractivity contribution in [1.29, 1.82) is 0 Å². The summed E-state index contributed by atoms with van der Waals surface area (Å²) in [4.78, 5) is 0. The molecule has 2 aromatic rings. The van der Waals surface area contributed by atoms with Crippen molar-refractivity contribution in [3.05, 3.63) is 30.0 Å². The van der Waals surface area contributed by atoms with Gasteiger partial charge in [0.05, 0.1) is 0 Å². The Balaban J connectivity index is 1.67. The third kappa shape index (κ3) is 3.64. The third-order valence-electron chi connectivity index (χ3n) is 3.91. The number of hydrogen-bond donors (Lipinski definition) is 1. The van der Waals surface area contributed by atoms with Crippen LogP contribution in [0, 0.1) is 0 Å². The van der Waals surface area contributed by atoms with Gasteiger partial charge in [-0.3, -0.25) is 0 Å². The van der Waals surface area contributed by atoms with E-state index >= 15 is 0 Å². The highest BCUT2D eigenvalue weighted by molar-refractivity contribution is 7.99. The minimum Gasteiger partial charge on any atom is -0.356 e. The predicted octanol–water partition coefficient (Wildman–Crippen LogP) is 2.92. The number of rotatable bonds is 6. The summed E-state index contributed by atoms with van der Waals surface area (Å²) in [5, 5.41) is 5.24. The Bertz CT molecular complexity index is 742. The molecule has 1 fully saturated rings. The minimum absolute atomic E-state index is 0.0483. The van der Waals surface area contributed by atoms with E-state index < -0.39 is 10.0 Å². The molecule has 22 heavy (non-hydrogen) atoms. The van der Waals surface area contributed by atoms with Gasteiger partial charge in [-0.05, 0) is 37.1 Å². The van der Waals surface area contributed by atoms with Crippen molar-refractivity contribution < 1.29 is 12.9 Å². The van der Waals surface area contributed by atoms with Crippen LogP contribution in [0.2, 0.25) is 0 Å². The summed E-state index contributed by atoms with van der Waals surface area (Å²) >= 11 is 1.91. The molecule has 1 aromatic heterocycles. The van der Waals surface area contributed by atoms with Crippen molar-refractivity contribution in [2.24, 2.45) is 0 Å². The van der Waals surface area contributed by atoms with Crippen LogP contribution >= 0.6 is 11.8 Å². The zero-order chi connectivity index (χ0) is 15.6. The molecule has 1 heterocycles. The third-order valence-corrected chi connectivity index (χ3v) is 6.49. The van der Waals surface area contributed by atoms with Gasteiger partial charge >= 0.3 is 0 Å². The quantitative estimate of drug-likeness (QED) is 0.875. The predicted molar refractivity (Wildman–Crippen MR) is 89.3 cm³/mol. The average Bonchev–Trinajstić information content (AvgIpc) is 3.06. The van der Waals surface area contributed by atoms with Gasteiger partial charge in [-0.2, -0.15) is 11.8 Å². The zero-order valence-electron chi connectivity index (χ0n) is 12.5. The smallest absolute Gasteiger partial charge is 0.217 e. The average molecular weight is 340 g/mol. The number of hydrogen-bond acceptors (Lipinski definition) is 5. The van der Waals surface area contributed by atoms with Gasteiger partial charge in [-0.15, -0.1) is 0 Å². The molecule has 0 amide bonds. The van der Waals surface area contributed by atoms with Gasteiger partial charge in [0.2, 0.25) is 10.0 Å². The van der Waals surface area contributed by atoms with Crippen LogP contribution in [-0.2, 0) is 15.8 Å². The summed E-state index contributed by atoms with van der Waals surface area (Å²) in [6.45, 7) is 2.14. The lowest BCUT2D eigenvalue weighted by molar-refractivity contribution is 0.448. The number of thioether (sulfide) groups is 1. The van der Waals surface area contributed by atoms with E-state index in [4.69, 9.17) is 4.52 Å². The molecule has 1 N–H and O–H groups in total. The minimum atomic E-state index is -3.40. The Kier molecular flexibility index (Phi) is 4.75. The second-order valence-electron chi connectivity index (χ2n) is 5.59. The van der Waals surface area contributed by atoms with Crippen LogP contribution in [0.25, 0.3) is 11.0 Å². The van der Waals surface area contributed by atoms with E-state index in [1.54, 1.807) is 6.07 Å². The Morgan fingerprint density at radius 1 is 1.36 bits per heavy atom. The molecule has 0 spiro atoms. The standard InChI is InChI=1S/C15H20N2O3S2/c1-2-21-12-8-7-11(9-12)17-22(18,19)10-14-13-5-3-4-6-15(13)20-16-14/h3-6,11-12,17H,2,7-10H2,1H3/t11-,12-/m0/s1. The van der Waals surface area contributed by atoms with Crippen LogP contribution in [0.1, 0.15) is 31.9 Å². The Morgan fingerprint density at radius 3 is 3.00 bits per heavy atom. The fourth-order valence-electron chi connectivity index (χ4n) is 2.95. The maximum Gasteiger partial charge on any atom is 0.217 e. The molecular formula is C15H20N2O3S2. The summed E-state index contributed by atoms with van der Waals surface area (Å²) in [5.74, 6) is 0.946. The van der Waals surface area contributed by atoms with Crippen molar-refractivity contribution in [3.63, 3.8) is 0 Å². The number of benzene rings is 1. The van der Waals surface area contributed by atoms with Crippen LogP contribution in [-0.4, -0.2) is 30.6 Å². The molecule has 1 aromatic carbocycles. The van der Waals surface area contributed by atoms with Gasteiger partial charge in [-0.1, -0.05) is 24.2 Å². The van der Waals surface area contributed by atoms with Crippen molar-refractivity contribution in [3.8, 4) is 0 Å². The second-order valence-corrected chi connectivity index (χ2v) is 8.92. The molecule has 2 atom stereocenters. The van der Waals surface area contributed by atoms with Crippen LogP contribution in [0.15, 0.2) is 28.8 Å². The first-order chi connectivity index (χ1) is 10.6. The molecule has 0 aliphatic heterocycles. The summed E-state index contributed by atoms with van der Waals surface area (Å²) in [6, 6.07) is 7.36. The van der Waals surface area contributed by atoms with Gasteiger partial charge in [0.25, 0.3) is 0 Å². The fourth-order valence-corrected chi connectivity index (χ4v) is 5.47. The zero-order valence-corrected chi connectivity index (χ0v) is 14.1. The lowest BCUT2D eigenvalue weighted by atomic mass is 10.2. The Labute approximate surface area is 134 Å². The number of nitrogens with zero attached hydrogens (tertiary/aromatic N) is 1. The fraction of sp³-hybridized carbons (Fsp3) is 0.533. The molecule has 7 heteroatoms. The van der Waals surface area contributed by atoms with Gasteiger partial charge in [0, 0.05) is 16.7 Å². The van der Waals surface area contributed by atoms with Crippen LogP contribution in [0.4, 0.5) is 0 Å². The largest absolute Gasteiger partial charge is 0.356 e. The normalized spacial score (nSPS) is 22.4. The van der Waals surface area contributed by atoms with E-state index in [9.17, 15) is 8.42 Å². The Morgan fingerprint density at radius 2 is 2.18 bits per heavy atom. The highest BCUT2D eigenvalue weighted by atomic mass is 32.2. The number of para-hydroxylation sites is 1. The van der Waals surface area contributed by atoms with E-state index in [1.807, 2.05) is 30.0 Å². The number of aromatic nitrogens is 1. The van der Waals surface area contributed by atoms with E-state index in [0.717, 1.165) is 30.4 Å². The second kappa shape index (κ2) is 6.60. The maximum absolute atomic E-state index is 12.4. The molecule has 0 bridgehead atoms. The summed E-state index contributed by atoms with van der Waals surface area (Å²) in [5.41, 5.74) is 1.09. The molecule has 0 radical (unpaired) electrons. The maximum atomic E-state index is 12.4.